The van der Waals surface area contributed by atoms with Gasteiger partial charge in [0.15, 0.2) is 0 Å². The summed E-state index contributed by atoms with van der Waals surface area (Å²) in [5, 5.41) is 0. The van der Waals surface area contributed by atoms with Crippen molar-refractivity contribution in [2.45, 2.75) is 32.7 Å². The minimum Gasteiger partial charge on any atom is -0.328 e. The zero-order chi connectivity index (χ0) is 12.0. The largest absolute Gasteiger partial charge is 0.328 e. The first kappa shape index (κ1) is 12.7. The molecule has 1 rings (SSSR count). The smallest absolute Gasteiger partial charge is 0.227 e. The third-order valence-electron chi connectivity index (χ3n) is 2.50. The summed E-state index contributed by atoms with van der Waals surface area (Å²) in [6.45, 7) is 4.60. The Labute approximate surface area is 97.2 Å². The van der Waals surface area contributed by atoms with E-state index in [0.29, 0.717) is 13.0 Å². The molecule has 1 aromatic rings. The Balaban J connectivity index is 2.64. The zero-order valence-corrected chi connectivity index (χ0v) is 10.0. The van der Waals surface area contributed by atoms with Crippen molar-refractivity contribution in [3.63, 3.8) is 0 Å². The van der Waals surface area contributed by atoms with Crippen molar-refractivity contribution in [1.82, 2.24) is 0 Å². The van der Waals surface area contributed by atoms with E-state index < -0.39 is 0 Å². The molecule has 88 valence electrons. The summed E-state index contributed by atoms with van der Waals surface area (Å²) >= 11 is 0. The van der Waals surface area contributed by atoms with Crippen LogP contribution in [0, 0.1) is 0 Å². The van der Waals surface area contributed by atoms with Crippen LogP contribution in [0.1, 0.15) is 26.7 Å². The predicted octanol–water partition coefficient (Wildman–Crippen LogP) is 2.17. The van der Waals surface area contributed by atoms with Crippen LogP contribution in [-0.4, -0.2) is 18.5 Å². The van der Waals surface area contributed by atoms with Gasteiger partial charge in [0.2, 0.25) is 5.91 Å². The fourth-order valence-electron chi connectivity index (χ4n) is 1.60. The minimum atomic E-state index is 0.0819. The van der Waals surface area contributed by atoms with E-state index in [4.69, 9.17) is 5.73 Å². The van der Waals surface area contributed by atoms with Crippen LogP contribution in [0.25, 0.3) is 0 Å². The van der Waals surface area contributed by atoms with Crippen LogP contribution in [0.2, 0.25) is 0 Å². The summed E-state index contributed by atoms with van der Waals surface area (Å²) in [7, 11) is 0. The molecule has 1 unspecified atom stereocenters. The van der Waals surface area contributed by atoms with Gasteiger partial charge in [-0.25, -0.2) is 0 Å². The lowest BCUT2D eigenvalue weighted by molar-refractivity contribution is -0.118. The molecule has 0 aliphatic carbocycles. The molecular formula is C13H20N2O. The van der Waals surface area contributed by atoms with Gasteiger partial charge in [-0.3, -0.25) is 4.79 Å². The maximum Gasteiger partial charge on any atom is 0.227 e. The molecule has 0 saturated heterocycles. The van der Waals surface area contributed by atoms with Gasteiger partial charge >= 0.3 is 0 Å². The molecule has 0 aromatic heterocycles. The first-order chi connectivity index (χ1) is 7.65. The molecule has 0 bridgehead atoms. The molecule has 1 atom stereocenters. The van der Waals surface area contributed by atoms with Crippen molar-refractivity contribution in [1.29, 1.82) is 0 Å². The lowest BCUT2D eigenvalue weighted by Crippen LogP contribution is -2.31. The molecule has 0 heterocycles. The number of benzene rings is 1. The average molecular weight is 220 g/mol. The van der Waals surface area contributed by atoms with Crippen LogP contribution in [0.3, 0.4) is 0 Å². The SMILES string of the molecule is CCN(C(=O)CCC(C)N)c1ccccc1. The van der Waals surface area contributed by atoms with Crippen molar-refractivity contribution in [3.05, 3.63) is 30.3 Å². The van der Waals surface area contributed by atoms with E-state index in [0.717, 1.165) is 12.1 Å². The number of anilines is 1. The summed E-state index contributed by atoms with van der Waals surface area (Å²) in [6.07, 6.45) is 1.25. The highest BCUT2D eigenvalue weighted by Crippen LogP contribution is 2.14. The number of nitrogens with two attached hydrogens (primary N) is 1. The van der Waals surface area contributed by atoms with E-state index in [-0.39, 0.29) is 11.9 Å². The Morgan fingerprint density at radius 2 is 2.00 bits per heavy atom. The minimum absolute atomic E-state index is 0.0819. The van der Waals surface area contributed by atoms with Gasteiger partial charge in [0.25, 0.3) is 0 Å². The highest BCUT2D eigenvalue weighted by Gasteiger charge is 2.13. The van der Waals surface area contributed by atoms with Gasteiger partial charge in [0.05, 0.1) is 0 Å². The van der Waals surface area contributed by atoms with Crippen LogP contribution in [0.4, 0.5) is 5.69 Å². The Morgan fingerprint density at radius 1 is 1.38 bits per heavy atom. The Hall–Kier alpha value is -1.35. The quantitative estimate of drug-likeness (QED) is 0.826. The normalized spacial score (nSPS) is 12.2. The predicted molar refractivity (Wildman–Crippen MR) is 67.4 cm³/mol. The van der Waals surface area contributed by atoms with Crippen molar-refractivity contribution >= 4 is 11.6 Å². The average Bonchev–Trinajstić information content (AvgIpc) is 2.29. The second-order valence-corrected chi connectivity index (χ2v) is 3.99. The van der Waals surface area contributed by atoms with Gasteiger partial charge in [-0.05, 0) is 32.4 Å². The van der Waals surface area contributed by atoms with Gasteiger partial charge in [0.1, 0.15) is 0 Å². The maximum absolute atomic E-state index is 11.9. The van der Waals surface area contributed by atoms with E-state index >= 15 is 0 Å². The summed E-state index contributed by atoms with van der Waals surface area (Å²) in [6, 6.07) is 9.82. The molecule has 0 fully saturated rings. The third-order valence-corrected chi connectivity index (χ3v) is 2.50. The molecule has 0 aliphatic heterocycles. The molecule has 1 amide bonds. The fourth-order valence-corrected chi connectivity index (χ4v) is 1.60. The van der Waals surface area contributed by atoms with Gasteiger partial charge in [-0.2, -0.15) is 0 Å². The lowest BCUT2D eigenvalue weighted by Gasteiger charge is -2.21. The van der Waals surface area contributed by atoms with Crippen molar-refractivity contribution in [3.8, 4) is 0 Å². The maximum atomic E-state index is 11.9. The van der Waals surface area contributed by atoms with Crippen molar-refractivity contribution < 1.29 is 4.79 Å². The van der Waals surface area contributed by atoms with Crippen LogP contribution < -0.4 is 10.6 Å². The molecule has 2 N–H and O–H groups in total. The number of rotatable bonds is 5. The Morgan fingerprint density at radius 3 is 2.50 bits per heavy atom. The molecule has 3 nitrogen and oxygen atoms in total. The molecular weight excluding hydrogens is 200 g/mol. The molecule has 0 spiro atoms. The topological polar surface area (TPSA) is 46.3 Å². The van der Waals surface area contributed by atoms with Gasteiger partial charge in [0, 0.05) is 24.7 Å². The Kier molecular flexibility index (Phi) is 4.99. The van der Waals surface area contributed by atoms with Crippen LogP contribution in [-0.2, 0) is 4.79 Å². The summed E-state index contributed by atoms with van der Waals surface area (Å²) < 4.78 is 0. The number of hydrogen-bond acceptors (Lipinski definition) is 2. The Bertz CT molecular complexity index is 322. The van der Waals surface area contributed by atoms with E-state index in [1.165, 1.54) is 0 Å². The summed E-state index contributed by atoms with van der Waals surface area (Å²) in [5.74, 6) is 0.144. The highest BCUT2D eigenvalue weighted by molar-refractivity contribution is 5.93. The monoisotopic (exact) mass is 220 g/mol. The number of hydrogen-bond donors (Lipinski definition) is 1. The second-order valence-electron chi connectivity index (χ2n) is 3.99. The molecule has 16 heavy (non-hydrogen) atoms. The fraction of sp³-hybridized carbons (Fsp3) is 0.462. The van der Waals surface area contributed by atoms with Crippen LogP contribution in [0.5, 0.6) is 0 Å². The highest BCUT2D eigenvalue weighted by atomic mass is 16.2. The summed E-state index contributed by atoms with van der Waals surface area (Å²) in [4.78, 5) is 13.7. The molecule has 0 aliphatic rings. The number of carbonyl (C=O) groups excluding carboxylic acids is 1. The van der Waals surface area contributed by atoms with Crippen LogP contribution in [0.15, 0.2) is 30.3 Å². The third kappa shape index (κ3) is 3.66. The summed E-state index contributed by atoms with van der Waals surface area (Å²) in [5.41, 5.74) is 6.61. The molecule has 3 heteroatoms. The second kappa shape index (κ2) is 6.28. The van der Waals surface area contributed by atoms with E-state index in [1.807, 2.05) is 44.2 Å². The standard InChI is InChI=1S/C13H20N2O/c1-3-15(12-7-5-4-6-8-12)13(16)10-9-11(2)14/h4-8,11H,3,9-10,14H2,1-2H3. The number of para-hydroxylation sites is 1. The first-order valence-corrected chi connectivity index (χ1v) is 5.76. The number of carbonyl (C=O) groups is 1. The van der Waals surface area contributed by atoms with Crippen molar-refractivity contribution in [2.24, 2.45) is 5.73 Å². The molecule has 0 saturated carbocycles. The van der Waals surface area contributed by atoms with E-state index in [2.05, 4.69) is 0 Å². The van der Waals surface area contributed by atoms with Gasteiger partial charge in [-0.1, -0.05) is 18.2 Å². The molecule has 1 aromatic carbocycles. The lowest BCUT2D eigenvalue weighted by atomic mass is 10.1. The van der Waals surface area contributed by atoms with Crippen LogP contribution >= 0.6 is 0 Å². The van der Waals surface area contributed by atoms with Gasteiger partial charge in [-0.15, -0.1) is 0 Å². The number of amides is 1. The first-order valence-electron chi connectivity index (χ1n) is 5.76. The van der Waals surface area contributed by atoms with E-state index in [9.17, 15) is 4.79 Å². The molecule has 0 radical (unpaired) electrons. The van der Waals surface area contributed by atoms with Gasteiger partial charge < -0.3 is 10.6 Å². The number of nitrogens with zero attached hydrogens (tertiary/aromatic N) is 1. The van der Waals surface area contributed by atoms with E-state index in [1.54, 1.807) is 4.90 Å². The van der Waals surface area contributed by atoms with Crippen molar-refractivity contribution in [2.75, 3.05) is 11.4 Å². The zero-order valence-electron chi connectivity index (χ0n) is 10.0.